The van der Waals surface area contributed by atoms with E-state index in [9.17, 15) is 4.79 Å². The maximum atomic E-state index is 11.4. The topological polar surface area (TPSA) is 138 Å². The number of hydrogen-bond acceptors (Lipinski definition) is 8. The smallest absolute Gasteiger partial charge is 0.253 e. The van der Waals surface area contributed by atoms with Gasteiger partial charge in [-0.2, -0.15) is 10.1 Å². The fourth-order valence-corrected chi connectivity index (χ4v) is 2.59. The van der Waals surface area contributed by atoms with Gasteiger partial charge in [-0.05, 0) is 18.7 Å². The summed E-state index contributed by atoms with van der Waals surface area (Å²) in [5, 5.41) is 11.5. The third kappa shape index (κ3) is 2.79. The fraction of sp³-hybridized carbons (Fsp3) is 0.182. The van der Waals surface area contributed by atoms with Crippen LogP contribution < -0.4 is 16.6 Å². The van der Waals surface area contributed by atoms with Crippen molar-refractivity contribution in [2.45, 2.75) is 17.1 Å². The van der Waals surface area contributed by atoms with Gasteiger partial charge in [-0.25, -0.2) is 9.97 Å². The van der Waals surface area contributed by atoms with E-state index in [1.807, 2.05) is 6.92 Å². The molecule has 3 aromatic heterocycles. The number of nitrogens with zero attached hydrogens (tertiary/aromatic N) is 4. The molecule has 0 aliphatic carbocycles. The van der Waals surface area contributed by atoms with Gasteiger partial charge < -0.3 is 16.0 Å². The van der Waals surface area contributed by atoms with Crippen molar-refractivity contribution < 1.29 is 0 Å². The standard InChI is InChI=1S/C11H12N8OS/c1-2-13-10-17-8-5(4-14-19-8)9(18-10)21-11-15-6(12)3-7(20)16-11/h3-4H,2H2,1H3,(H3,12,15,16,20)(H2,13,14,17,18,19). The number of H-pyrrole nitrogens is 2. The molecule has 21 heavy (non-hydrogen) atoms. The molecular formula is C11H12N8OS. The van der Waals surface area contributed by atoms with Crippen LogP contribution in [0.15, 0.2) is 27.2 Å². The summed E-state index contributed by atoms with van der Waals surface area (Å²) in [5.41, 5.74) is 5.87. The lowest BCUT2D eigenvalue weighted by Gasteiger charge is -2.05. The van der Waals surface area contributed by atoms with Crippen molar-refractivity contribution in [3.63, 3.8) is 0 Å². The van der Waals surface area contributed by atoms with Gasteiger partial charge in [-0.15, -0.1) is 0 Å². The number of nitrogens with two attached hydrogens (primary N) is 1. The molecule has 10 heteroatoms. The van der Waals surface area contributed by atoms with E-state index in [1.165, 1.54) is 17.8 Å². The van der Waals surface area contributed by atoms with E-state index >= 15 is 0 Å². The number of rotatable bonds is 4. The minimum Gasteiger partial charge on any atom is -0.383 e. The van der Waals surface area contributed by atoms with Crippen molar-refractivity contribution in [1.29, 1.82) is 0 Å². The average molecular weight is 304 g/mol. The van der Waals surface area contributed by atoms with Crippen LogP contribution in [0.4, 0.5) is 11.8 Å². The zero-order valence-corrected chi connectivity index (χ0v) is 11.9. The summed E-state index contributed by atoms with van der Waals surface area (Å²) in [5.74, 6) is 0.633. The predicted octanol–water partition coefficient (Wildman–Crippen LogP) is 0.601. The van der Waals surface area contributed by atoms with Crippen molar-refractivity contribution in [3.8, 4) is 0 Å². The molecule has 3 heterocycles. The van der Waals surface area contributed by atoms with E-state index in [-0.39, 0.29) is 11.4 Å². The summed E-state index contributed by atoms with van der Waals surface area (Å²) >= 11 is 1.19. The fourth-order valence-electron chi connectivity index (χ4n) is 1.72. The van der Waals surface area contributed by atoms with Crippen LogP contribution in [0.1, 0.15) is 6.92 Å². The molecule has 0 bridgehead atoms. The van der Waals surface area contributed by atoms with E-state index in [2.05, 4.69) is 35.5 Å². The summed E-state index contributed by atoms with van der Waals surface area (Å²) in [6.07, 6.45) is 1.62. The lowest BCUT2D eigenvalue weighted by Crippen LogP contribution is -2.09. The average Bonchev–Trinajstić information content (AvgIpc) is 2.86. The second-order valence-corrected chi connectivity index (χ2v) is 5.07. The van der Waals surface area contributed by atoms with Crippen molar-refractivity contribution in [2.75, 3.05) is 17.6 Å². The Balaban J connectivity index is 2.06. The van der Waals surface area contributed by atoms with Crippen LogP contribution in [0.25, 0.3) is 11.0 Å². The third-order valence-electron chi connectivity index (χ3n) is 2.54. The zero-order chi connectivity index (χ0) is 14.8. The zero-order valence-electron chi connectivity index (χ0n) is 11.0. The van der Waals surface area contributed by atoms with Crippen molar-refractivity contribution >= 4 is 34.6 Å². The molecule has 0 atom stereocenters. The molecule has 0 saturated heterocycles. The highest BCUT2D eigenvalue weighted by molar-refractivity contribution is 7.99. The van der Waals surface area contributed by atoms with E-state index in [0.29, 0.717) is 28.3 Å². The van der Waals surface area contributed by atoms with Crippen molar-refractivity contribution in [2.24, 2.45) is 0 Å². The Morgan fingerprint density at radius 3 is 3.00 bits per heavy atom. The van der Waals surface area contributed by atoms with Crippen LogP contribution in [0, 0.1) is 0 Å². The minimum absolute atomic E-state index is 0.158. The van der Waals surface area contributed by atoms with Crippen molar-refractivity contribution in [3.05, 3.63) is 22.6 Å². The molecule has 0 aliphatic rings. The number of aromatic nitrogens is 6. The molecule has 108 valence electrons. The van der Waals surface area contributed by atoms with Crippen molar-refractivity contribution in [1.82, 2.24) is 30.1 Å². The largest absolute Gasteiger partial charge is 0.383 e. The van der Waals surface area contributed by atoms with Gasteiger partial charge in [0.15, 0.2) is 10.8 Å². The van der Waals surface area contributed by atoms with Crippen LogP contribution in [-0.2, 0) is 0 Å². The Morgan fingerprint density at radius 1 is 1.38 bits per heavy atom. The normalized spacial score (nSPS) is 10.9. The summed E-state index contributed by atoms with van der Waals surface area (Å²) in [6, 6.07) is 1.22. The molecule has 0 fully saturated rings. The summed E-state index contributed by atoms with van der Waals surface area (Å²) < 4.78 is 0. The highest BCUT2D eigenvalue weighted by Crippen LogP contribution is 2.29. The van der Waals surface area contributed by atoms with E-state index in [1.54, 1.807) is 6.20 Å². The Kier molecular flexibility index (Phi) is 3.44. The van der Waals surface area contributed by atoms with Gasteiger partial charge in [0.05, 0.1) is 11.6 Å². The van der Waals surface area contributed by atoms with Crippen LogP contribution in [-0.4, -0.2) is 36.7 Å². The number of aromatic amines is 2. The predicted molar refractivity (Wildman–Crippen MR) is 79.2 cm³/mol. The number of hydrogen-bond donors (Lipinski definition) is 4. The SMILES string of the molecule is CCNc1nc(Sc2nc(N)cc(=O)[nH]2)c2cn[nH]c2n1. The highest BCUT2D eigenvalue weighted by atomic mass is 32.2. The first kappa shape index (κ1) is 13.4. The molecule has 0 spiro atoms. The van der Waals surface area contributed by atoms with Crippen LogP contribution in [0.2, 0.25) is 0 Å². The second kappa shape index (κ2) is 5.40. The molecule has 0 aliphatic heterocycles. The van der Waals surface area contributed by atoms with Gasteiger partial charge >= 0.3 is 0 Å². The second-order valence-electron chi connectivity index (χ2n) is 4.09. The minimum atomic E-state index is -0.311. The van der Waals surface area contributed by atoms with Gasteiger partial charge in [0.1, 0.15) is 10.8 Å². The molecular weight excluding hydrogens is 292 g/mol. The quantitative estimate of drug-likeness (QED) is 0.406. The van der Waals surface area contributed by atoms with Crippen LogP contribution in [0.3, 0.4) is 0 Å². The molecule has 3 aromatic rings. The van der Waals surface area contributed by atoms with Gasteiger partial charge in [0, 0.05) is 12.6 Å². The molecule has 9 nitrogen and oxygen atoms in total. The molecule has 3 rings (SSSR count). The van der Waals surface area contributed by atoms with E-state index in [0.717, 1.165) is 5.39 Å². The van der Waals surface area contributed by atoms with E-state index in [4.69, 9.17) is 5.73 Å². The van der Waals surface area contributed by atoms with Gasteiger partial charge in [-0.1, -0.05) is 0 Å². The Morgan fingerprint density at radius 2 is 2.24 bits per heavy atom. The van der Waals surface area contributed by atoms with Gasteiger partial charge in [-0.3, -0.25) is 9.89 Å². The summed E-state index contributed by atoms with van der Waals surface area (Å²) in [6.45, 7) is 2.64. The third-order valence-corrected chi connectivity index (χ3v) is 3.43. The lowest BCUT2D eigenvalue weighted by molar-refractivity contribution is 0.940. The van der Waals surface area contributed by atoms with E-state index < -0.39 is 0 Å². The van der Waals surface area contributed by atoms with Crippen LogP contribution in [0.5, 0.6) is 0 Å². The number of fused-ring (bicyclic) bond motifs is 1. The van der Waals surface area contributed by atoms with Gasteiger partial charge in [0.2, 0.25) is 5.95 Å². The van der Waals surface area contributed by atoms with Gasteiger partial charge in [0.25, 0.3) is 5.56 Å². The molecule has 5 N–H and O–H groups in total. The Labute approximate surface area is 122 Å². The molecule has 0 radical (unpaired) electrons. The first-order valence-electron chi connectivity index (χ1n) is 6.15. The Bertz CT molecular complexity index is 842. The highest BCUT2D eigenvalue weighted by Gasteiger charge is 2.12. The maximum Gasteiger partial charge on any atom is 0.253 e. The number of anilines is 2. The summed E-state index contributed by atoms with van der Waals surface area (Å²) in [4.78, 5) is 26.8. The monoisotopic (exact) mass is 304 g/mol. The first-order chi connectivity index (χ1) is 10.2. The first-order valence-corrected chi connectivity index (χ1v) is 6.97. The Hall–Kier alpha value is -2.62. The summed E-state index contributed by atoms with van der Waals surface area (Å²) in [7, 11) is 0. The van der Waals surface area contributed by atoms with Crippen LogP contribution >= 0.6 is 11.8 Å². The number of nitrogen functional groups attached to an aromatic ring is 1. The molecule has 0 saturated carbocycles. The molecule has 0 aromatic carbocycles. The lowest BCUT2D eigenvalue weighted by atomic mass is 10.4. The molecule has 0 amide bonds. The molecule has 0 unspecified atom stereocenters. The maximum absolute atomic E-state index is 11.4. The number of nitrogens with one attached hydrogen (secondary N) is 3.